The highest BCUT2D eigenvalue weighted by molar-refractivity contribution is 6.90. The molecule has 0 bridgehead atoms. The van der Waals surface area contributed by atoms with Crippen molar-refractivity contribution in [1.29, 1.82) is 0 Å². The van der Waals surface area contributed by atoms with Gasteiger partial charge in [-0.2, -0.15) is 0 Å². The van der Waals surface area contributed by atoms with E-state index in [1.54, 1.807) is 0 Å². The van der Waals surface area contributed by atoms with E-state index >= 15 is 0 Å². The minimum atomic E-state index is 0.0540. The summed E-state index contributed by atoms with van der Waals surface area (Å²) in [5.74, 6) is 0. The summed E-state index contributed by atoms with van der Waals surface area (Å²) >= 11 is 0. The van der Waals surface area contributed by atoms with Crippen molar-refractivity contribution >= 4 is 61.4 Å². The molecule has 5 heterocycles. The van der Waals surface area contributed by atoms with E-state index in [0.29, 0.717) is 0 Å². The number of nitrogens with zero attached hydrogens (tertiary/aromatic N) is 3. The van der Waals surface area contributed by atoms with Crippen molar-refractivity contribution in [2.75, 3.05) is 0 Å². The molecule has 0 spiro atoms. The predicted molar refractivity (Wildman–Crippen MR) is 163 cm³/mol. The largest absolute Gasteiger partial charge is 0.374 e. The van der Waals surface area contributed by atoms with Crippen LogP contribution in [0.5, 0.6) is 0 Å². The lowest BCUT2D eigenvalue weighted by Gasteiger charge is -2.34. The molecule has 2 aliphatic rings. The SMILES string of the molecule is c1ccc(-c2ccc3c4c2-c2nccc5c6ccccc6n(c25)B4c2cccc4c5ccccc5n-3c24)cc1. The van der Waals surface area contributed by atoms with Crippen molar-refractivity contribution in [3.05, 3.63) is 121 Å². The molecule has 5 aromatic carbocycles. The molecule has 178 valence electrons. The number of fused-ring (bicyclic) bond motifs is 10. The fourth-order valence-corrected chi connectivity index (χ4v) is 7.53. The summed E-state index contributed by atoms with van der Waals surface area (Å²) in [6, 6.07) is 42.2. The molecule has 0 aliphatic carbocycles. The van der Waals surface area contributed by atoms with E-state index in [1.807, 2.05) is 6.20 Å². The van der Waals surface area contributed by atoms with Gasteiger partial charge in [0, 0.05) is 44.5 Å². The van der Waals surface area contributed by atoms with Crippen LogP contribution in [0.1, 0.15) is 0 Å². The molecule has 39 heavy (non-hydrogen) atoms. The fraction of sp³-hybridized carbons (Fsp3) is 0. The van der Waals surface area contributed by atoms with Gasteiger partial charge in [-0.1, -0.05) is 91.0 Å². The molecule has 10 rings (SSSR count). The van der Waals surface area contributed by atoms with Gasteiger partial charge in [0.15, 0.2) is 0 Å². The van der Waals surface area contributed by atoms with Crippen molar-refractivity contribution in [1.82, 2.24) is 14.0 Å². The number of aromatic nitrogens is 3. The third-order valence-corrected chi connectivity index (χ3v) is 8.96. The average molecular weight is 493 g/mol. The first kappa shape index (κ1) is 20.0. The van der Waals surface area contributed by atoms with Gasteiger partial charge in [0.05, 0.1) is 22.2 Å². The Balaban J connectivity index is 1.50. The van der Waals surface area contributed by atoms with Crippen LogP contribution >= 0.6 is 0 Å². The van der Waals surface area contributed by atoms with Gasteiger partial charge in [-0.15, -0.1) is 0 Å². The van der Waals surface area contributed by atoms with Crippen molar-refractivity contribution < 1.29 is 0 Å². The normalized spacial score (nSPS) is 13.1. The van der Waals surface area contributed by atoms with Crippen molar-refractivity contribution in [2.45, 2.75) is 0 Å². The first-order valence-corrected chi connectivity index (χ1v) is 13.5. The van der Waals surface area contributed by atoms with E-state index in [1.165, 1.54) is 76.9 Å². The van der Waals surface area contributed by atoms with Crippen LogP contribution in [-0.4, -0.2) is 20.9 Å². The molecule has 3 nitrogen and oxygen atoms in total. The van der Waals surface area contributed by atoms with E-state index in [2.05, 4.69) is 124 Å². The summed E-state index contributed by atoms with van der Waals surface area (Å²) in [5, 5.41) is 5.16. The lowest BCUT2D eigenvalue weighted by molar-refractivity contribution is 1.17. The summed E-state index contributed by atoms with van der Waals surface area (Å²) < 4.78 is 5.07. The smallest absolute Gasteiger partial charge is 0.333 e. The summed E-state index contributed by atoms with van der Waals surface area (Å²) in [6.45, 7) is 0.0540. The quantitative estimate of drug-likeness (QED) is 0.228. The average Bonchev–Trinajstić information content (AvgIpc) is 3.52. The minimum absolute atomic E-state index is 0.0540. The first-order chi connectivity index (χ1) is 19.4. The second kappa shape index (κ2) is 6.86. The molecule has 4 heteroatoms. The van der Waals surface area contributed by atoms with E-state index in [0.717, 1.165) is 5.69 Å². The van der Waals surface area contributed by atoms with Gasteiger partial charge in [0.2, 0.25) is 0 Å². The number of para-hydroxylation sites is 3. The lowest BCUT2D eigenvalue weighted by Crippen LogP contribution is -2.55. The second-order valence-corrected chi connectivity index (χ2v) is 10.7. The van der Waals surface area contributed by atoms with Gasteiger partial charge in [-0.05, 0) is 46.3 Å². The Morgan fingerprint density at radius 3 is 2.15 bits per heavy atom. The third kappa shape index (κ3) is 2.26. The van der Waals surface area contributed by atoms with Crippen LogP contribution in [0.25, 0.3) is 71.7 Å². The molecule has 0 N–H and O–H groups in total. The molecule has 0 saturated heterocycles. The van der Waals surface area contributed by atoms with Gasteiger partial charge in [-0.3, -0.25) is 4.98 Å². The topological polar surface area (TPSA) is 22.8 Å². The van der Waals surface area contributed by atoms with Gasteiger partial charge in [-0.25, -0.2) is 0 Å². The molecule has 0 amide bonds. The molecule has 0 unspecified atom stereocenters. The van der Waals surface area contributed by atoms with Crippen molar-refractivity contribution in [3.8, 4) is 28.1 Å². The first-order valence-electron chi connectivity index (χ1n) is 13.5. The van der Waals surface area contributed by atoms with Crippen LogP contribution in [0, 0.1) is 0 Å². The monoisotopic (exact) mass is 493 g/mol. The van der Waals surface area contributed by atoms with E-state index in [9.17, 15) is 0 Å². The molecule has 0 radical (unpaired) electrons. The standard InChI is InChI=1S/C35H20BN3/c1-2-9-21(10-3-1)22-17-18-30-32-31(22)33-35-26(19-20-37-33)24-12-5-7-16-29(24)39(35)36(32)27-14-8-13-25-23-11-4-6-15-28(23)38(30)34(25)27/h1-20H. The summed E-state index contributed by atoms with van der Waals surface area (Å²) in [6.07, 6.45) is 1.99. The van der Waals surface area contributed by atoms with Gasteiger partial charge < -0.3 is 9.05 Å². The zero-order chi connectivity index (χ0) is 25.2. The van der Waals surface area contributed by atoms with Crippen LogP contribution in [0.3, 0.4) is 0 Å². The number of hydrogen-bond donors (Lipinski definition) is 0. The lowest BCUT2D eigenvalue weighted by atomic mass is 9.45. The van der Waals surface area contributed by atoms with Crippen molar-refractivity contribution in [2.24, 2.45) is 0 Å². The molecule has 0 atom stereocenters. The Hall–Kier alpha value is -5.09. The van der Waals surface area contributed by atoms with E-state index in [4.69, 9.17) is 4.98 Å². The van der Waals surface area contributed by atoms with E-state index in [-0.39, 0.29) is 6.85 Å². The maximum Gasteiger partial charge on any atom is 0.333 e. The predicted octanol–water partition coefficient (Wildman–Crippen LogP) is 6.90. The number of rotatable bonds is 1. The van der Waals surface area contributed by atoms with E-state index < -0.39 is 0 Å². The van der Waals surface area contributed by atoms with Gasteiger partial charge in [0.1, 0.15) is 0 Å². The zero-order valence-electron chi connectivity index (χ0n) is 21.0. The Morgan fingerprint density at radius 1 is 0.564 bits per heavy atom. The summed E-state index contributed by atoms with van der Waals surface area (Å²) in [7, 11) is 0. The zero-order valence-corrected chi connectivity index (χ0v) is 21.0. The Kier molecular flexibility index (Phi) is 3.51. The minimum Gasteiger partial charge on any atom is -0.374 e. The highest BCUT2D eigenvalue weighted by Crippen LogP contribution is 2.44. The van der Waals surface area contributed by atoms with Crippen LogP contribution in [-0.2, 0) is 0 Å². The van der Waals surface area contributed by atoms with Gasteiger partial charge >= 0.3 is 6.85 Å². The molecule has 0 saturated carbocycles. The molecule has 8 aromatic rings. The second-order valence-electron chi connectivity index (χ2n) is 10.7. The van der Waals surface area contributed by atoms with Crippen LogP contribution in [0.15, 0.2) is 121 Å². The molecular weight excluding hydrogens is 473 g/mol. The number of hydrogen-bond acceptors (Lipinski definition) is 1. The Labute approximate surface area is 224 Å². The Morgan fingerprint density at radius 2 is 1.28 bits per heavy atom. The maximum atomic E-state index is 5.12. The molecule has 0 fully saturated rings. The Bertz CT molecular complexity index is 2340. The number of pyridine rings is 1. The highest BCUT2D eigenvalue weighted by atomic mass is 15.0. The third-order valence-electron chi connectivity index (χ3n) is 8.96. The molecule has 3 aromatic heterocycles. The van der Waals surface area contributed by atoms with Crippen LogP contribution < -0.4 is 10.9 Å². The highest BCUT2D eigenvalue weighted by Gasteiger charge is 2.42. The maximum absolute atomic E-state index is 5.12. The molecule has 2 aliphatic heterocycles. The van der Waals surface area contributed by atoms with Gasteiger partial charge in [0.25, 0.3) is 0 Å². The fourth-order valence-electron chi connectivity index (χ4n) is 7.53. The number of benzene rings is 5. The summed E-state index contributed by atoms with van der Waals surface area (Å²) in [4.78, 5) is 5.12. The van der Waals surface area contributed by atoms with Crippen molar-refractivity contribution in [3.63, 3.8) is 0 Å². The molecular formula is C35H20BN3. The summed E-state index contributed by atoms with van der Waals surface area (Å²) in [5.41, 5.74) is 13.8. The van der Waals surface area contributed by atoms with Crippen LogP contribution in [0.4, 0.5) is 0 Å². The van der Waals surface area contributed by atoms with Crippen LogP contribution in [0.2, 0.25) is 0 Å².